The van der Waals surface area contributed by atoms with Crippen LogP contribution in [0.15, 0.2) is 6.20 Å². The molecule has 2 rings (SSSR count). The highest BCUT2D eigenvalue weighted by atomic mass is 19.1. The topological polar surface area (TPSA) is 29.9 Å². The molecule has 3 nitrogen and oxygen atoms in total. The molecule has 1 heterocycles. The molecule has 0 radical (unpaired) electrons. The van der Waals surface area contributed by atoms with Crippen molar-refractivity contribution in [3.63, 3.8) is 0 Å². The maximum atomic E-state index is 13.9. The van der Waals surface area contributed by atoms with E-state index in [0.717, 1.165) is 31.4 Å². The Morgan fingerprint density at radius 2 is 2.27 bits per heavy atom. The third kappa shape index (κ3) is 2.20. The molecule has 4 heteroatoms. The Hall–Kier alpha value is -0.900. The van der Waals surface area contributed by atoms with Crippen LogP contribution < -0.4 is 5.32 Å². The van der Waals surface area contributed by atoms with Crippen LogP contribution in [0.4, 0.5) is 4.39 Å². The van der Waals surface area contributed by atoms with E-state index in [0.29, 0.717) is 6.04 Å². The number of aromatic nitrogens is 2. The number of hydrogen-bond donors (Lipinski definition) is 1. The molecule has 1 aromatic rings. The van der Waals surface area contributed by atoms with Gasteiger partial charge in [-0.25, -0.2) is 4.68 Å². The maximum absolute atomic E-state index is 13.9. The molecule has 0 aliphatic heterocycles. The second kappa shape index (κ2) is 4.75. The molecule has 15 heavy (non-hydrogen) atoms. The van der Waals surface area contributed by atoms with Crippen LogP contribution in [-0.2, 0) is 6.42 Å². The first-order valence-corrected chi connectivity index (χ1v) is 5.69. The van der Waals surface area contributed by atoms with E-state index in [1.54, 1.807) is 10.9 Å². The highest BCUT2D eigenvalue weighted by Gasteiger charge is 2.21. The molecule has 0 aromatic carbocycles. The largest absolute Gasteiger partial charge is 0.319 e. The van der Waals surface area contributed by atoms with Crippen molar-refractivity contribution in [1.29, 1.82) is 0 Å². The molecule has 84 valence electrons. The molecule has 0 spiro atoms. The van der Waals surface area contributed by atoms with Gasteiger partial charge in [-0.15, -0.1) is 0 Å². The summed E-state index contributed by atoms with van der Waals surface area (Å²) in [5, 5.41) is 7.18. The summed E-state index contributed by atoms with van der Waals surface area (Å²) in [6.45, 7) is 0.799. The van der Waals surface area contributed by atoms with Crippen LogP contribution >= 0.6 is 0 Å². The standard InChI is InChI=1S/C11H18FN3/c1-13-7-6-9-8-14-15(11(9)12)10-4-2-3-5-10/h8,10,13H,2-7H2,1H3. The first kappa shape index (κ1) is 10.6. The quantitative estimate of drug-likeness (QED) is 0.824. The predicted molar refractivity (Wildman–Crippen MR) is 57.3 cm³/mol. The van der Waals surface area contributed by atoms with Crippen LogP contribution in [0.1, 0.15) is 37.3 Å². The van der Waals surface area contributed by atoms with E-state index >= 15 is 0 Å². The molecular formula is C11H18FN3. The molecule has 1 N–H and O–H groups in total. The van der Waals surface area contributed by atoms with Crippen molar-refractivity contribution in [3.8, 4) is 0 Å². The van der Waals surface area contributed by atoms with Crippen molar-refractivity contribution < 1.29 is 4.39 Å². The first-order chi connectivity index (χ1) is 7.33. The minimum Gasteiger partial charge on any atom is -0.319 e. The second-order valence-electron chi connectivity index (χ2n) is 4.20. The lowest BCUT2D eigenvalue weighted by atomic mass is 10.2. The average Bonchev–Trinajstić information content (AvgIpc) is 2.84. The van der Waals surface area contributed by atoms with E-state index in [9.17, 15) is 4.39 Å². The molecular weight excluding hydrogens is 193 g/mol. The Morgan fingerprint density at radius 1 is 1.53 bits per heavy atom. The van der Waals surface area contributed by atoms with Crippen LogP contribution in [0.2, 0.25) is 0 Å². The summed E-state index contributed by atoms with van der Waals surface area (Å²) in [4.78, 5) is 0. The van der Waals surface area contributed by atoms with E-state index in [2.05, 4.69) is 10.4 Å². The number of hydrogen-bond acceptors (Lipinski definition) is 2. The SMILES string of the molecule is CNCCc1cnn(C2CCCC2)c1F. The van der Waals surface area contributed by atoms with Gasteiger partial charge in [0.05, 0.1) is 12.2 Å². The molecule has 1 aliphatic rings. The molecule has 1 fully saturated rings. The van der Waals surface area contributed by atoms with Gasteiger partial charge in [-0.1, -0.05) is 12.8 Å². The van der Waals surface area contributed by atoms with E-state index in [1.807, 2.05) is 7.05 Å². The summed E-state index contributed by atoms with van der Waals surface area (Å²) in [6.07, 6.45) is 6.94. The Morgan fingerprint density at radius 3 is 2.93 bits per heavy atom. The lowest BCUT2D eigenvalue weighted by Gasteiger charge is -2.10. The second-order valence-corrected chi connectivity index (χ2v) is 4.20. The van der Waals surface area contributed by atoms with Gasteiger partial charge in [0.15, 0.2) is 0 Å². The molecule has 1 aliphatic carbocycles. The third-order valence-electron chi connectivity index (χ3n) is 3.12. The molecule has 0 saturated heterocycles. The fourth-order valence-electron chi connectivity index (χ4n) is 2.21. The highest BCUT2D eigenvalue weighted by Crippen LogP contribution is 2.30. The average molecular weight is 211 g/mol. The summed E-state index contributed by atoms with van der Waals surface area (Å²) in [5.74, 6) is -0.128. The van der Waals surface area contributed by atoms with Gasteiger partial charge in [-0.3, -0.25) is 0 Å². The Bertz CT molecular complexity index is 316. The smallest absolute Gasteiger partial charge is 0.214 e. The first-order valence-electron chi connectivity index (χ1n) is 5.69. The van der Waals surface area contributed by atoms with Crippen LogP contribution in [0, 0.1) is 5.95 Å². The summed E-state index contributed by atoms with van der Waals surface area (Å²) < 4.78 is 15.5. The summed E-state index contributed by atoms with van der Waals surface area (Å²) in [6, 6.07) is 0.299. The number of rotatable bonds is 4. The van der Waals surface area contributed by atoms with Gasteiger partial charge < -0.3 is 5.32 Å². The van der Waals surface area contributed by atoms with E-state index < -0.39 is 0 Å². The maximum Gasteiger partial charge on any atom is 0.214 e. The minimum atomic E-state index is -0.128. The highest BCUT2D eigenvalue weighted by molar-refractivity contribution is 5.08. The Balaban J connectivity index is 2.08. The zero-order chi connectivity index (χ0) is 10.7. The zero-order valence-corrected chi connectivity index (χ0v) is 9.17. The van der Waals surface area contributed by atoms with Gasteiger partial charge >= 0.3 is 0 Å². The van der Waals surface area contributed by atoms with Crippen molar-refractivity contribution in [2.24, 2.45) is 0 Å². The third-order valence-corrected chi connectivity index (χ3v) is 3.12. The monoisotopic (exact) mass is 211 g/mol. The summed E-state index contributed by atoms with van der Waals surface area (Å²) in [7, 11) is 1.87. The van der Waals surface area contributed by atoms with Crippen LogP contribution in [0.5, 0.6) is 0 Å². The summed E-state index contributed by atoms with van der Waals surface area (Å²) >= 11 is 0. The predicted octanol–water partition coefficient (Wildman–Crippen LogP) is 1.90. The van der Waals surface area contributed by atoms with E-state index in [4.69, 9.17) is 0 Å². The fraction of sp³-hybridized carbons (Fsp3) is 0.727. The molecule has 0 bridgehead atoms. The molecule has 1 saturated carbocycles. The lowest BCUT2D eigenvalue weighted by Crippen LogP contribution is -2.12. The van der Waals surface area contributed by atoms with Gasteiger partial charge in [-0.2, -0.15) is 9.49 Å². The fourth-order valence-corrected chi connectivity index (χ4v) is 2.21. The van der Waals surface area contributed by atoms with Crippen LogP contribution in [0.3, 0.4) is 0 Å². The van der Waals surface area contributed by atoms with Gasteiger partial charge in [0.1, 0.15) is 0 Å². The van der Waals surface area contributed by atoms with Crippen molar-refractivity contribution in [3.05, 3.63) is 17.7 Å². The van der Waals surface area contributed by atoms with Gasteiger partial charge in [0, 0.05) is 5.56 Å². The Labute approximate surface area is 89.7 Å². The van der Waals surface area contributed by atoms with Crippen LogP contribution in [0.25, 0.3) is 0 Å². The summed E-state index contributed by atoms with van der Waals surface area (Å²) in [5.41, 5.74) is 0.733. The van der Waals surface area contributed by atoms with Crippen LogP contribution in [-0.4, -0.2) is 23.4 Å². The molecule has 0 unspecified atom stereocenters. The zero-order valence-electron chi connectivity index (χ0n) is 9.17. The lowest BCUT2D eigenvalue weighted by molar-refractivity contribution is 0.377. The van der Waals surface area contributed by atoms with Crippen molar-refractivity contribution in [1.82, 2.24) is 15.1 Å². The van der Waals surface area contributed by atoms with Crippen molar-refractivity contribution in [2.75, 3.05) is 13.6 Å². The number of nitrogens with zero attached hydrogens (tertiary/aromatic N) is 2. The number of nitrogens with one attached hydrogen (secondary N) is 1. The van der Waals surface area contributed by atoms with Crippen molar-refractivity contribution in [2.45, 2.75) is 38.1 Å². The van der Waals surface area contributed by atoms with Gasteiger partial charge in [-0.05, 0) is 32.9 Å². The normalized spacial score (nSPS) is 17.5. The van der Waals surface area contributed by atoms with Crippen molar-refractivity contribution >= 4 is 0 Å². The van der Waals surface area contributed by atoms with E-state index in [1.165, 1.54) is 12.8 Å². The minimum absolute atomic E-state index is 0.128. The van der Waals surface area contributed by atoms with Gasteiger partial charge in [0.2, 0.25) is 5.95 Å². The Kier molecular flexibility index (Phi) is 3.36. The van der Waals surface area contributed by atoms with E-state index in [-0.39, 0.29) is 5.95 Å². The molecule has 0 atom stereocenters. The molecule has 0 amide bonds. The number of likely N-dealkylation sites (N-methyl/N-ethyl adjacent to an activating group) is 1. The number of halogens is 1. The van der Waals surface area contributed by atoms with Gasteiger partial charge in [0.25, 0.3) is 0 Å². The molecule has 1 aromatic heterocycles.